The van der Waals surface area contributed by atoms with Crippen LogP contribution in [0.15, 0.2) is 47.3 Å². The monoisotopic (exact) mass is 381 g/mol. The fourth-order valence-electron chi connectivity index (χ4n) is 3.33. The first-order valence-corrected chi connectivity index (χ1v) is 9.35. The molecule has 2 aromatic carbocycles. The summed E-state index contributed by atoms with van der Waals surface area (Å²) in [5.74, 6) is 1.65. The topological polar surface area (TPSA) is 76.7 Å². The molecule has 1 fully saturated rings. The summed E-state index contributed by atoms with van der Waals surface area (Å²) in [4.78, 5) is 22.3. The second-order valence-corrected chi connectivity index (χ2v) is 6.57. The Balaban J connectivity index is 1.64. The summed E-state index contributed by atoms with van der Waals surface area (Å²) in [5, 5.41) is 0.559. The van der Waals surface area contributed by atoms with E-state index in [2.05, 4.69) is 14.9 Å². The lowest BCUT2D eigenvalue weighted by Gasteiger charge is -2.26. The molecular formula is C21H23N3O4. The van der Waals surface area contributed by atoms with E-state index < -0.39 is 0 Å². The van der Waals surface area contributed by atoms with Crippen LogP contribution >= 0.6 is 0 Å². The van der Waals surface area contributed by atoms with Crippen molar-refractivity contribution < 1.29 is 14.2 Å². The standard InChI is InChI=1S/C21H23N3O4/c1-26-18-8-4-6-16(19(18)28-14-11-24-9-12-27-13-10-24)20-22-17-7-3-2-5-15(17)21(25)23-20/h2-8H,9-14H2,1H3,(H,22,23,25). The molecule has 0 aliphatic carbocycles. The zero-order valence-electron chi connectivity index (χ0n) is 15.8. The van der Waals surface area contributed by atoms with Gasteiger partial charge in [0.2, 0.25) is 0 Å². The lowest BCUT2D eigenvalue weighted by Crippen LogP contribution is -2.38. The van der Waals surface area contributed by atoms with Gasteiger partial charge in [-0.1, -0.05) is 18.2 Å². The van der Waals surface area contributed by atoms with Gasteiger partial charge in [-0.15, -0.1) is 0 Å². The maximum atomic E-state index is 12.5. The van der Waals surface area contributed by atoms with E-state index in [1.54, 1.807) is 13.2 Å². The Hall–Kier alpha value is -2.90. The first kappa shape index (κ1) is 18.5. The summed E-state index contributed by atoms with van der Waals surface area (Å²) in [5.41, 5.74) is 1.16. The summed E-state index contributed by atoms with van der Waals surface area (Å²) in [6, 6.07) is 12.8. The van der Waals surface area contributed by atoms with Crippen molar-refractivity contribution in [3.63, 3.8) is 0 Å². The highest BCUT2D eigenvalue weighted by Crippen LogP contribution is 2.36. The molecule has 1 aliphatic rings. The molecule has 1 saturated heterocycles. The van der Waals surface area contributed by atoms with Gasteiger partial charge < -0.3 is 19.2 Å². The zero-order chi connectivity index (χ0) is 19.3. The van der Waals surface area contributed by atoms with Crippen LogP contribution in [-0.2, 0) is 4.74 Å². The quantitative estimate of drug-likeness (QED) is 0.706. The van der Waals surface area contributed by atoms with Crippen LogP contribution in [0.3, 0.4) is 0 Å². The third-order valence-electron chi connectivity index (χ3n) is 4.82. The van der Waals surface area contributed by atoms with Gasteiger partial charge >= 0.3 is 0 Å². The van der Waals surface area contributed by atoms with Crippen molar-refractivity contribution in [1.29, 1.82) is 0 Å². The maximum Gasteiger partial charge on any atom is 0.259 e. The smallest absolute Gasteiger partial charge is 0.259 e. The van der Waals surface area contributed by atoms with E-state index in [1.807, 2.05) is 36.4 Å². The Bertz CT molecular complexity index is 1010. The minimum atomic E-state index is -0.178. The summed E-state index contributed by atoms with van der Waals surface area (Å²) in [7, 11) is 1.60. The number of nitrogens with zero attached hydrogens (tertiary/aromatic N) is 2. The highest BCUT2D eigenvalue weighted by Gasteiger charge is 2.17. The number of aromatic nitrogens is 2. The maximum absolute atomic E-state index is 12.5. The summed E-state index contributed by atoms with van der Waals surface area (Å²) in [6.45, 7) is 4.61. The van der Waals surface area contributed by atoms with Crippen LogP contribution in [0.1, 0.15) is 0 Å². The SMILES string of the molecule is COc1cccc(-c2nc3ccccc3c(=O)[nH]2)c1OCCN1CCOCC1. The molecule has 0 atom stereocenters. The number of fused-ring (bicyclic) bond motifs is 1. The second-order valence-electron chi connectivity index (χ2n) is 6.57. The largest absolute Gasteiger partial charge is 0.493 e. The highest BCUT2D eigenvalue weighted by molar-refractivity contribution is 5.80. The number of aromatic amines is 1. The van der Waals surface area contributed by atoms with Gasteiger partial charge in [0, 0.05) is 19.6 Å². The van der Waals surface area contributed by atoms with E-state index in [1.165, 1.54) is 0 Å². The molecule has 1 aliphatic heterocycles. The first-order valence-electron chi connectivity index (χ1n) is 9.35. The minimum Gasteiger partial charge on any atom is -0.493 e. The Morgan fingerprint density at radius 1 is 1.14 bits per heavy atom. The van der Waals surface area contributed by atoms with Gasteiger partial charge in [0.05, 0.1) is 36.8 Å². The van der Waals surface area contributed by atoms with Crippen LogP contribution in [0, 0.1) is 0 Å². The third-order valence-corrected chi connectivity index (χ3v) is 4.82. The van der Waals surface area contributed by atoms with Gasteiger partial charge in [0.15, 0.2) is 11.5 Å². The normalized spacial score (nSPS) is 14.9. The summed E-state index contributed by atoms with van der Waals surface area (Å²) < 4.78 is 17.0. The van der Waals surface area contributed by atoms with Crippen LogP contribution in [0.2, 0.25) is 0 Å². The van der Waals surface area contributed by atoms with Crippen molar-refractivity contribution >= 4 is 10.9 Å². The van der Waals surface area contributed by atoms with Gasteiger partial charge in [-0.3, -0.25) is 9.69 Å². The molecule has 7 nitrogen and oxygen atoms in total. The van der Waals surface area contributed by atoms with Crippen molar-refractivity contribution in [2.24, 2.45) is 0 Å². The molecule has 0 unspecified atom stereocenters. The van der Waals surface area contributed by atoms with Crippen LogP contribution in [0.4, 0.5) is 0 Å². The van der Waals surface area contributed by atoms with Gasteiger partial charge in [0.25, 0.3) is 5.56 Å². The summed E-state index contributed by atoms with van der Waals surface area (Å²) in [6.07, 6.45) is 0. The Kier molecular flexibility index (Phi) is 5.55. The molecule has 4 rings (SSSR count). The molecule has 3 aromatic rings. The summed E-state index contributed by atoms with van der Waals surface area (Å²) >= 11 is 0. The van der Waals surface area contributed by atoms with Crippen LogP contribution in [0.5, 0.6) is 11.5 Å². The number of rotatable bonds is 6. The fraction of sp³-hybridized carbons (Fsp3) is 0.333. The Morgan fingerprint density at radius 3 is 2.79 bits per heavy atom. The molecule has 7 heteroatoms. The number of ether oxygens (including phenoxy) is 3. The lowest BCUT2D eigenvalue weighted by atomic mass is 10.1. The molecule has 0 spiro atoms. The van der Waals surface area contributed by atoms with E-state index in [4.69, 9.17) is 14.2 Å². The minimum absolute atomic E-state index is 0.178. The van der Waals surface area contributed by atoms with Crippen LogP contribution in [-0.4, -0.2) is 61.4 Å². The average Bonchev–Trinajstić information content (AvgIpc) is 2.74. The lowest BCUT2D eigenvalue weighted by molar-refractivity contribution is 0.0321. The highest BCUT2D eigenvalue weighted by atomic mass is 16.5. The van der Waals surface area contributed by atoms with Gasteiger partial charge in [-0.2, -0.15) is 0 Å². The van der Waals surface area contributed by atoms with Crippen LogP contribution < -0.4 is 15.0 Å². The van der Waals surface area contributed by atoms with Crippen molar-refractivity contribution in [2.45, 2.75) is 0 Å². The molecule has 28 heavy (non-hydrogen) atoms. The van der Waals surface area contributed by atoms with E-state index in [9.17, 15) is 4.79 Å². The van der Waals surface area contributed by atoms with Crippen molar-refractivity contribution in [1.82, 2.24) is 14.9 Å². The van der Waals surface area contributed by atoms with E-state index in [0.29, 0.717) is 40.4 Å². The van der Waals surface area contributed by atoms with Crippen LogP contribution in [0.25, 0.3) is 22.3 Å². The zero-order valence-corrected chi connectivity index (χ0v) is 15.8. The second kappa shape index (κ2) is 8.41. The molecule has 0 radical (unpaired) electrons. The molecule has 0 bridgehead atoms. The van der Waals surface area contributed by atoms with Gasteiger partial charge in [0.1, 0.15) is 12.4 Å². The molecule has 2 heterocycles. The van der Waals surface area contributed by atoms with E-state index in [0.717, 1.165) is 32.8 Å². The van der Waals surface area contributed by atoms with Crippen molar-refractivity contribution in [2.75, 3.05) is 46.6 Å². The van der Waals surface area contributed by atoms with Gasteiger partial charge in [-0.25, -0.2) is 4.98 Å². The number of benzene rings is 2. The first-order chi connectivity index (χ1) is 13.8. The Labute approximate surface area is 162 Å². The van der Waals surface area contributed by atoms with E-state index >= 15 is 0 Å². The predicted octanol–water partition coefficient (Wildman–Crippen LogP) is 2.31. The number of nitrogens with one attached hydrogen (secondary N) is 1. The average molecular weight is 381 g/mol. The van der Waals surface area contributed by atoms with Crippen molar-refractivity contribution in [3.8, 4) is 22.9 Å². The van der Waals surface area contributed by atoms with Crippen molar-refractivity contribution in [3.05, 3.63) is 52.8 Å². The molecule has 1 aromatic heterocycles. The number of morpholine rings is 1. The molecule has 0 saturated carbocycles. The number of hydrogen-bond acceptors (Lipinski definition) is 6. The number of methoxy groups -OCH3 is 1. The number of para-hydroxylation sites is 2. The Morgan fingerprint density at radius 2 is 1.96 bits per heavy atom. The molecule has 146 valence electrons. The number of H-pyrrole nitrogens is 1. The predicted molar refractivity (Wildman–Crippen MR) is 107 cm³/mol. The molecular weight excluding hydrogens is 358 g/mol. The third kappa shape index (κ3) is 3.85. The number of hydrogen-bond donors (Lipinski definition) is 1. The molecule has 1 N–H and O–H groups in total. The molecule has 0 amide bonds. The van der Waals surface area contributed by atoms with E-state index in [-0.39, 0.29) is 5.56 Å². The van der Waals surface area contributed by atoms with Gasteiger partial charge in [-0.05, 0) is 24.3 Å². The fourth-order valence-corrected chi connectivity index (χ4v) is 3.33.